The number of hydrogen-bond acceptors (Lipinski definition) is 2. The van der Waals surface area contributed by atoms with Crippen LogP contribution in [0.3, 0.4) is 0 Å². The zero-order valence-corrected chi connectivity index (χ0v) is 14.1. The molecule has 0 amide bonds. The molecule has 2 atom stereocenters. The van der Waals surface area contributed by atoms with Crippen molar-refractivity contribution in [1.82, 2.24) is 0 Å². The average Bonchev–Trinajstić information content (AvgIpc) is 3.04. The van der Waals surface area contributed by atoms with Gasteiger partial charge in [0.15, 0.2) is 11.6 Å². The van der Waals surface area contributed by atoms with Gasteiger partial charge in [0, 0.05) is 11.1 Å². The topological polar surface area (TPSA) is 26.3 Å². The van der Waals surface area contributed by atoms with Crippen molar-refractivity contribution in [3.63, 3.8) is 0 Å². The molecule has 0 bridgehead atoms. The lowest BCUT2D eigenvalue weighted by atomic mass is 10.1. The van der Waals surface area contributed by atoms with E-state index in [-0.39, 0.29) is 17.3 Å². The highest BCUT2D eigenvalue weighted by molar-refractivity contribution is 6.31. The number of esters is 1. The molecule has 0 saturated heterocycles. The van der Waals surface area contributed by atoms with Crippen LogP contribution in [0, 0.1) is 41.6 Å². The van der Waals surface area contributed by atoms with Crippen molar-refractivity contribution in [3.8, 4) is 0 Å². The fourth-order valence-corrected chi connectivity index (χ4v) is 3.12. The van der Waals surface area contributed by atoms with Gasteiger partial charge in [-0.05, 0) is 25.2 Å². The van der Waals surface area contributed by atoms with Gasteiger partial charge in [-0.2, -0.15) is 0 Å². The summed E-state index contributed by atoms with van der Waals surface area (Å²) in [5.41, 5.74) is -1.24. The van der Waals surface area contributed by atoms with Gasteiger partial charge in [-0.3, -0.25) is 4.79 Å². The van der Waals surface area contributed by atoms with Crippen molar-refractivity contribution in [2.75, 3.05) is 0 Å². The predicted octanol–water partition coefficient (Wildman–Crippen LogP) is 4.96. The fourth-order valence-electron chi connectivity index (χ4n) is 2.84. The van der Waals surface area contributed by atoms with Crippen LogP contribution >= 0.6 is 11.6 Å². The van der Waals surface area contributed by atoms with E-state index in [4.69, 9.17) is 16.3 Å². The van der Waals surface area contributed by atoms with Gasteiger partial charge in [0.25, 0.3) is 0 Å². The number of ether oxygens (including phenoxy) is 1. The Kier molecular flexibility index (Phi) is 4.81. The van der Waals surface area contributed by atoms with Crippen molar-refractivity contribution in [1.29, 1.82) is 0 Å². The SMILES string of the molecule is C/C=C\[C@@H]1[C@@H](C(=O)OCc2c(F)c(F)c(C)c(F)c2Cl)C1(C)C. The summed E-state index contributed by atoms with van der Waals surface area (Å²) in [6, 6.07) is 0. The number of allylic oxidation sites excluding steroid dienone is 2. The van der Waals surface area contributed by atoms with Crippen molar-refractivity contribution in [3.05, 3.63) is 45.8 Å². The fraction of sp³-hybridized carbons (Fsp3) is 0.471. The Morgan fingerprint density at radius 2 is 1.87 bits per heavy atom. The van der Waals surface area contributed by atoms with Crippen molar-refractivity contribution >= 4 is 17.6 Å². The van der Waals surface area contributed by atoms with Crippen LogP contribution in [0.1, 0.15) is 31.9 Å². The first-order chi connectivity index (χ1) is 10.6. The van der Waals surface area contributed by atoms with Gasteiger partial charge in [0.1, 0.15) is 12.4 Å². The molecule has 0 N–H and O–H groups in total. The maximum atomic E-state index is 13.9. The van der Waals surface area contributed by atoms with E-state index >= 15 is 0 Å². The van der Waals surface area contributed by atoms with Crippen LogP contribution in [0.2, 0.25) is 5.02 Å². The van der Waals surface area contributed by atoms with Crippen LogP contribution in [-0.2, 0) is 16.1 Å². The van der Waals surface area contributed by atoms with E-state index in [0.717, 1.165) is 6.92 Å². The van der Waals surface area contributed by atoms with Gasteiger partial charge in [0.05, 0.1) is 10.9 Å². The lowest BCUT2D eigenvalue weighted by Crippen LogP contribution is -2.13. The minimum absolute atomic E-state index is 0.0341. The third kappa shape index (κ3) is 2.99. The summed E-state index contributed by atoms with van der Waals surface area (Å²) in [6.45, 7) is 6.17. The molecule has 6 heteroatoms. The van der Waals surface area contributed by atoms with Crippen LogP contribution in [0.5, 0.6) is 0 Å². The highest BCUT2D eigenvalue weighted by Gasteiger charge is 2.61. The standard InChI is InChI=1S/C17H18ClF3O2/c1-5-6-10-11(17(10,3)4)16(22)23-7-9-12(18)13(19)8(2)14(20)15(9)21/h5-6,10-11H,7H2,1-4H3/b6-5-/t10-,11+/m1/s1. The van der Waals surface area contributed by atoms with Crippen LogP contribution in [-0.4, -0.2) is 5.97 Å². The molecule has 2 rings (SSSR count). The quantitative estimate of drug-likeness (QED) is 0.437. The maximum Gasteiger partial charge on any atom is 0.310 e. The lowest BCUT2D eigenvalue weighted by molar-refractivity contribution is -0.147. The summed E-state index contributed by atoms with van der Waals surface area (Å²) < 4.78 is 46.3. The second-order valence-corrected chi connectivity index (χ2v) is 6.70. The number of halogens is 4. The second-order valence-electron chi connectivity index (χ2n) is 6.32. The van der Waals surface area contributed by atoms with Crippen LogP contribution in [0.25, 0.3) is 0 Å². The van der Waals surface area contributed by atoms with E-state index in [1.165, 1.54) is 0 Å². The molecule has 0 radical (unpaired) electrons. The molecular formula is C17H18ClF3O2. The Bertz CT molecular complexity index is 654. The van der Waals surface area contributed by atoms with E-state index in [9.17, 15) is 18.0 Å². The molecule has 23 heavy (non-hydrogen) atoms. The summed E-state index contributed by atoms with van der Waals surface area (Å²) in [4.78, 5) is 12.1. The third-order valence-electron chi connectivity index (χ3n) is 4.50. The molecule has 1 saturated carbocycles. The zero-order chi connectivity index (χ0) is 17.5. The minimum atomic E-state index is -1.32. The van der Waals surface area contributed by atoms with Gasteiger partial charge in [-0.1, -0.05) is 37.6 Å². The highest BCUT2D eigenvalue weighted by Crippen LogP contribution is 2.59. The highest BCUT2D eigenvalue weighted by atomic mass is 35.5. The molecule has 1 fully saturated rings. The van der Waals surface area contributed by atoms with E-state index in [1.807, 2.05) is 32.9 Å². The first kappa shape index (κ1) is 17.9. The normalized spacial score (nSPS) is 22.4. The van der Waals surface area contributed by atoms with Gasteiger partial charge in [-0.15, -0.1) is 0 Å². The van der Waals surface area contributed by atoms with Gasteiger partial charge in [-0.25, -0.2) is 13.2 Å². The number of carbonyl (C=O) groups excluding carboxylic acids is 1. The Balaban J connectivity index is 2.15. The molecule has 0 spiro atoms. The first-order valence-corrected chi connectivity index (χ1v) is 7.63. The molecule has 0 aromatic heterocycles. The molecule has 0 aliphatic heterocycles. The molecule has 0 unspecified atom stereocenters. The number of benzene rings is 1. The Hall–Kier alpha value is -1.49. The summed E-state index contributed by atoms with van der Waals surface area (Å²) >= 11 is 5.70. The zero-order valence-electron chi connectivity index (χ0n) is 13.3. The Morgan fingerprint density at radius 1 is 1.26 bits per heavy atom. The minimum Gasteiger partial charge on any atom is -0.460 e. The Labute approximate surface area is 138 Å². The molecule has 0 heterocycles. The molecule has 1 aromatic rings. The van der Waals surface area contributed by atoms with Crippen molar-refractivity contribution < 1.29 is 22.7 Å². The summed E-state index contributed by atoms with van der Waals surface area (Å²) in [5, 5.41) is -0.561. The molecule has 1 aliphatic rings. The van der Waals surface area contributed by atoms with Gasteiger partial charge < -0.3 is 4.74 Å². The van der Waals surface area contributed by atoms with Crippen LogP contribution < -0.4 is 0 Å². The molecule has 1 aromatic carbocycles. The smallest absolute Gasteiger partial charge is 0.310 e. The van der Waals surface area contributed by atoms with E-state index in [0.29, 0.717) is 0 Å². The van der Waals surface area contributed by atoms with E-state index in [2.05, 4.69) is 0 Å². The molecular weight excluding hydrogens is 329 g/mol. The average molecular weight is 347 g/mol. The van der Waals surface area contributed by atoms with Crippen molar-refractivity contribution in [2.24, 2.45) is 17.3 Å². The third-order valence-corrected chi connectivity index (χ3v) is 4.89. The molecule has 2 nitrogen and oxygen atoms in total. The maximum absolute atomic E-state index is 13.9. The second kappa shape index (κ2) is 6.19. The van der Waals surface area contributed by atoms with Gasteiger partial charge >= 0.3 is 5.97 Å². The molecule has 1 aliphatic carbocycles. The van der Waals surface area contributed by atoms with Crippen LogP contribution in [0.15, 0.2) is 12.2 Å². The predicted molar refractivity (Wildman–Crippen MR) is 81.4 cm³/mol. The number of carbonyl (C=O) groups is 1. The summed E-state index contributed by atoms with van der Waals surface area (Å²) in [7, 11) is 0. The Morgan fingerprint density at radius 3 is 2.43 bits per heavy atom. The largest absolute Gasteiger partial charge is 0.460 e. The van der Waals surface area contributed by atoms with E-state index < -0.39 is 46.2 Å². The van der Waals surface area contributed by atoms with Crippen molar-refractivity contribution in [2.45, 2.75) is 34.3 Å². The monoisotopic (exact) mass is 346 g/mol. The van der Waals surface area contributed by atoms with Crippen LogP contribution in [0.4, 0.5) is 13.2 Å². The first-order valence-electron chi connectivity index (χ1n) is 7.25. The number of rotatable bonds is 4. The summed E-state index contributed by atoms with van der Waals surface area (Å²) in [5.74, 6) is -4.52. The van der Waals surface area contributed by atoms with Gasteiger partial charge in [0.2, 0.25) is 0 Å². The lowest BCUT2D eigenvalue weighted by Gasteiger charge is -2.11. The number of hydrogen-bond donors (Lipinski definition) is 0. The van der Waals surface area contributed by atoms with E-state index in [1.54, 1.807) is 0 Å². The summed E-state index contributed by atoms with van der Waals surface area (Å²) in [6.07, 6.45) is 3.76. The molecule has 126 valence electrons.